The molecule has 0 aliphatic carbocycles. The van der Waals surface area contributed by atoms with Gasteiger partial charge in [-0.1, -0.05) is 0 Å². The van der Waals surface area contributed by atoms with Crippen molar-refractivity contribution in [2.75, 3.05) is 26.1 Å². The number of hydrogen-bond donors (Lipinski definition) is 3. The van der Waals surface area contributed by atoms with Crippen molar-refractivity contribution in [3.05, 3.63) is 28.5 Å². The molecule has 16 heteroatoms. The van der Waals surface area contributed by atoms with E-state index in [1.807, 2.05) is 4.72 Å². The molecule has 3 N–H and O–H groups in total. The Hall–Kier alpha value is -3.11. The molecule has 186 valence electrons. The van der Waals surface area contributed by atoms with E-state index in [0.717, 1.165) is 0 Å². The number of aliphatic hydroxyl groups is 1. The lowest BCUT2D eigenvalue weighted by Gasteiger charge is -2.17. The highest BCUT2D eigenvalue weighted by atomic mass is 79.9. The standard InChI is InChI=1S/C18H21BrFN5O8S/c1-9(33-16(27)11(20)8-26)6-12-15(10(19)4-5-21-12)34(29,30)25-18(28)24-17-22-13(31-2)7-14(23-17)32-3/h4-5,7,9,11,26H,6,8H2,1-3H3,(H2,22,23,24,25,28). The number of methoxy groups -OCH3 is 2. The smallest absolute Gasteiger partial charge is 0.343 e. The molecule has 2 amide bonds. The normalized spacial score (nSPS) is 12.9. The van der Waals surface area contributed by atoms with Crippen molar-refractivity contribution in [3.8, 4) is 11.8 Å². The number of carbonyl (C=O) groups is 2. The maximum atomic E-state index is 13.3. The third-order valence-electron chi connectivity index (χ3n) is 3.96. The van der Waals surface area contributed by atoms with Gasteiger partial charge in [0, 0.05) is 17.1 Å². The third-order valence-corrected chi connectivity index (χ3v) is 6.33. The predicted octanol–water partition coefficient (Wildman–Crippen LogP) is 0.966. The first-order chi connectivity index (χ1) is 16.0. The van der Waals surface area contributed by atoms with Crippen LogP contribution in [0.3, 0.4) is 0 Å². The SMILES string of the molecule is COc1cc(OC)nc(NC(=O)NS(=O)(=O)c2c(Br)ccnc2CC(C)OC(=O)C(F)CO)n1. The minimum Gasteiger partial charge on any atom is -0.481 e. The van der Waals surface area contributed by atoms with E-state index in [0.29, 0.717) is 0 Å². The molecule has 13 nitrogen and oxygen atoms in total. The van der Waals surface area contributed by atoms with Crippen LogP contribution in [0, 0.1) is 0 Å². The summed E-state index contributed by atoms with van der Waals surface area (Å²) >= 11 is 3.10. The molecule has 0 aliphatic heterocycles. The van der Waals surface area contributed by atoms with Gasteiger partial charge in [-0.25, -0.2) is 27.1 Å². The van der Waals surface area contributed by atoms with Gasteiger partial charge >= 0.3 is 12.0 Å². The Kier molecular flexibility index (Phi) is 9.46. The number of sulfonamides is 1. The molecule has 0 saturated heterocycles. The number of hydrogen-bond acceptors (Lipinski definition) is 11. The van der Waals surface area contributed by atoms with Gasteiger partial charge in [0.1, 0.15) is 11.0 Å². The molecule has 34 heavy (non-hydrogen) atoms. The van der Waals surface area contributed by atoms with E-state index in [-0.39, 0.29) is 34.3 Å². The third kappa shape index (κ3) is 7.19. The van der Waals surface area contributed by atoms with Gasteiger partial charge in [0.15, 0.2) is 0 Å². The average Bonchev–Trinajstić information content (AvgIpc) is 2.77. The first-order valence-electron chi connectivity index (χ1n) is 9.40. The van der Waals surface area contributed by atoms with Crippen LogP contribution in [0.5, 0.6) is 11.8 Å². The lowest BCUT2D eigenvalue weighted by atomic mass is 10.2. The van der Waals surface area contributed by atoms with Gasteiger partial charge in [-0.3, -0.25) is 10.3 Å². The highest BCUT2D eigenvalue weighted by molar-refractivity contribution is 9.10. The summed E-state index contributed by atoms with van der Waals surface area (Å²) in [5.74, 6) is -1.48. The van der Waals surface area contributed by atoms with Crippen LogP contribution >= 0.6 is 15.9 Å². The maximum absolute atomic E-state index is 13.3. The largest absolute Gasteiger partial charge is 0.481 e. The summed E-state index contributed by atoms with van der Waals surface area (Å²) in [6.07, 6.45) is -2.18. The van der Waals surface area contributed by atoms with Crippen molar-refractivity contribution in [2.24, 2.45) is 0 Å². The number of pyridine rings is 1. The molecule has 0 bridgehead atoms. The van der Waals surface area contributed by atoms with Crippen molar-refractivity contribution >= 4 is 43.9 Å². The van der Waals surface area contributed by atoms with Crippen molar-refractivity contribution in [2.45, 2.75) is 30.5 Å². The number of carbonyl (C=O) groups excluding carboxylic acids is 2. The predicted molar refractivity (Wildman–Crippen MR) is 118 cm³/mol. The van der Waals surface area contributed by atoms with Gasteiger partial charge in [0.25, 0.3) is 10.0 Å². The summed E-state index contributed by atoms with van der Waals surface area (Å²) in [5, 5.41) is 10.9. The number of halogens is 2. The number of urea groups is 1. The highest BCUT2D eigenvalue weighted by Crippen LogP contribution is 2.26. The summed E-state index contributed by atoms with van der Waals surface area (Å²) in [6, 6.07) is 1.48. The van der Waals surface area contributed by atoms with Crippen molar-refractivity contribution in [1.29, 1.82) is 0 Å². The van der Waals surface area contributed by atoms with Crippen LogP contribution in [-0.2, 0) is 26.0 Å². The monoisotopic (exact) mass is 565 g/mol. The number of rotatable bonds is 10. The zero-order valence-corrected chi connectivity index (χ0v) is 20.5. The Morgan fingerprint density at radius 3 is 2.41 bits per heavy atom. The Morgan fingerprint density at radius 1 is 1.24 bits per heavy atom. The number of alkyl halides is 1. The van der Waals surface area contributed by atoms with E-state index in [9.17, 15) is 22.4 Å². The Bertz CT molecular complexity index is 1130. The zero-order chi connectivity index (χ0) is 25.5. The van der Waals surface area contributed by atoms with Gasteiger partial charge in [-0.05, 0) is 28.9 Å². The molecule has 0 saturated carbocycles. The van der Waals surface area contributed by atoms with E-state index < -0.39 is 45.8 Å². The van der Waals surface area contributed by atoms with Gasteiger partial charge in [0.2, 0.25) is 23.9 Å². The second-order valence-electron chi connectivity index (χ2n) is 6.51. The number of ether oxygens (including phenoxy) is 3. The molecule has 2 aromatic heterocycles. The Labute approximate surface area is 202 Å². The summed E-state index contributed by atoms with van der Waals surface area (Å²) in [5.41, 5.74) is -0.0753. The van der Waals surface area contributed by atoms with Crippen molar-refractivity contribution in [1.82, 2.24) is 19.7 Å². The second-order valence-corrected chi connectivity index (χ2v) is 8.98. The molecular formula is C18H21BrFN5O8S. The number of amides is 2. The van der Waals surface area contributed by atoms with Crippen molar-refractivity contribution < 1.29 is 41.7 Å². The van der Waals surface area contributed by atoms with E-state index in [2.05, 4.69) is 36.2 Å². The molecule has 2 aromatic rings. The van der Waals surface area contributed by atoms with E-state index >= 15 is 0 Å². The fourth-order valence-corrected chi connectivity index (χ4v) is 4.68. The van der Waals surface area contributed by atoms with Gasteiger partial charge in [-0.2, -0.15) is 9.97 Å². The lowest BCUT2D eigenvalue weighted by Crippen LogP contribution is -2.36. The first-order valence-corrected chi connectivity index (χ1v) is 11.7. The van der Waals surface area contributed by atoms with E-state index in [1.54, 1.807) is 0 Å². The van der Waals surface area contributed by atoms with Crippen molar-refractivity contribution in [3.63, 3.8) is 0 Å². The summed E-state index contributed by atoms with van der Waals surface area (Å²) in [4.78, 5) is 35.2. The summed E-state index contributed by atoms with van der Waals surface area (Å²) < 4.78 is 55.8. The first kappa shape index (κ1) is 27.1. The maximum Gasteiger partial charge on any atom is 0.343 e. The second kappa shape index (κ2) is 11.8. The van der Waals surface area contributed by atoms with Gasteiger partial charge in [-0.15, -0.1) is 0 Å². The topological polar surface area (TPSA) is 179 Å². The molecule has 2 heterocycles. The molecule has 0 radical (unpaired) electrons. The minimum atomic E-state index is -4.51. The molecule has 0 aromatic carbocycles. The molecule has 0 fully saturated rings. The number of esters is 1. The van der Waals surface area contributed by atoms with Crippen LogP contribution in [-0.4, -0.2) is 73.6 Å². The van der Waals surface area contributed by atoms with E-state index in [4.69, 9.17) is 19.3 Å². The van der Waals surface area contributed by atoms with Gasteiger partial charge < -0.3 is 19.3 Å². The summed E-state index contributed by atoms with van der Waals surface area (Å²) in [7, 11) is -1.86. The number of anilines is 1. The molecule has 0 spiro atoms. The number of aromatic nitrogens is 3. The molecule has 0 aliphatic rings. The fraction of sp³-hybridized carbons (Fsp3) is 0.389. The average molecular weight is 566 g/mol. The van der Waals surface area contributed by atoms with Crippen LogP contribution in [0.15, 0.2) is 27.7 Å². The van der Waals surface area contributed by atoms with Crippen LogP contribution in [0.2, 0.25) is 0 Å². The van der Waals surface area contributed by atoms with E-state index in [1.165, 1.54) is 39.5 Å². The molecule has 2 unspecified atom stereocenters. The molecular weight excluding hydrogens is 545 g/mol. The zero-order valence-electron chi connectivity index (χ0n) is 18.1. The quantitative estimate of drug-likeness (QED) is 0.349. The Balaban J connectivity index is 2.23. The molecule has 2 atom stereocenters. The Morgan fingerprint density at radius 2 is 1.85 bits per heavy atom. The minimum absolute atomic E-state index is 0.0579. The number of aliphatic hydroxyl groups excluding tert-OH is 1. The highest BCUT2D eigenvalue weighted by Gasteiger charge is 2.28. The van der Waals surface area contributed by atoms with Crippen LogP contribution in [0.1, 0.15) is 12.6 Å². The van der Waals surface area contributed by atoms with Gasteiger partial charge in [0.05, 0.1) is 32.6 Å². The van der Waals surface area contributed by atoms with Crippen LogP contribution in [0.25, 0.3) is 0 Å². The fourth-order valence-electron chi connectivity index (χ4n) is 2.52. The van der Waals surface area contributed by atoms with Crippen LogP contribution < -0.4 is 19.5 Å². The van der Waals surface area contributed by atoms with Crippen LogP contribution in [0.4, 0.5) is 15.1 Å². The summed E-state index contributed by atoms with van der Waals surface area (Å²) in [6.45, 7) is 0.330. The lowest BCUT2D eigenvalue weighted by molar-refractivity contribution is -0.155. The number of nitrogens with zero attached hydrogens (tertiary/aromatic N) is 3. The number of nitrogens with one attached hydrogen (secondary N) is 2. The molecule has 2 rings (SSSR count).